The van der Waals surface area contributed by atoms with Gasteiger partial charge in [0, 0.05) is 25.4 Å². The lowest BCUT2D eigenvalue weighted by Crippen LogP contribution is -1.85. The second kappa shape index (κ2) is 17.8. The zero-order chi connectivity index (χ0) is 11.3. The van der Waals surface area contributed by atoms with Gasteiger partial charge in [-0.25, -0.2) is 0 Å². The first-order valence-corrected chi connectivity index (χ1v) is 4.82. The van der Waals surface area contributed by atoms with Crippen LogP contribution in [0.2, 0.25) is 0 Å². The lowest BCUT2D eigenvalue weighted by Gasteiger charge is -1.86. The predicted octanol–water partition coefficient (Wildman–Crippen LogP) is 1.82. The van der Waals surface area contributed by atoms with E-state index in [1.165, 1.54) is 0 Å². The molecule has 3 nitrogen and oxygen atoms in total. The van der Waals surface area contributed by atoms with Gasteiger partial charge in [0.25, 0.3) is 0 Å². The zero-order valence-electron chi connectivity index (χ0n) is 9.87. The highest BCUT2D eigenvalue weighted by Gasteiger charge is 1.69. The lowest BCUT2D eigenvalue weighted by atomic mass is 10.5. The van der Waals surface area contributed by atoms with E-state index >= 15 is 0 Å². The summed E-state index contributed by atoms with van der Waals surface area (Å²) >= 11 is 0. The third-order valence-corrected chi connectivity index (χ3v) is 0.408. The molecule has 84 valence electrons. The predicted molar refractivity (Wildman–Crippen MR) is 56.9 cm³/mol. The molecule has 0 radical (unpaired) electrons. The van der Waals surface area contributed by atoms with Gasteiger partial charge >= 0.3 is 0 Å². The van der Waals surface area contributed by atoms with Gasteiger partial charge in [-0.05, 0) is 41.5 Å². The third kappa shape index (κ3) is 328. The first-order valence-electron chi connectivity index (χ1n) is 4.82. The van der Waals surface area contributed by atoms with Crippen LogP contribution in [0.5, 0.6) is 0 Å². The first-order chi connectivity index (χ1) is 5.88. The Balaban J connectivity index is -0.000000117. The molecule has 0 amide bonds. The number of aliphatic hydroxyl groups is 2. The van der Waals surface area contributed by atoms with Crippen molar-refractivity contribution >= 4 is 0 Å². The quantitative estimate of drug-likeness (QED) is 0.705. The highest BCUT2D eigenvalue weighted by Crippen LogP contribution is 1.65. The fourth-order valence-corrected chi connectivity index (χ4v) is 0.204. The van der Waals surface area contributed by atoms with Crippen LogP contribution in [0.4, 0.5) is 0 Å². The van der Waals surface area contributed by atoms with E-state index in [0.29, 0.717) is 0 Å². The van der Waals surface area contributed by atoms with Crippen molar-refractivity contribution in [3.8, 4) is 0 Å². The van der Waals surface area contributed by atoms with Gasteiger partial charge in [-0.1, -0.05) is 0 Å². The summed E-state index contributed by atoms with van der Waals surface area (Å²) < 4.78 is 4.83. The van der Waals surface area contributed by atoms with Gasteiger partial charge in [-0.15, -0.1) is 0 Å². The summed E-state index contributed by atoms with van der Waals surface area (Å²) in [4.78, 5) is 0. The van der Waals surface area contributed by atoms with Crippen LogP contribution in [0.3, 0.4) is 0 Å². The smallest absolute Gasteiger partial charge is 0.0483 e. The largest absolute Gasteiger partial charge is 0.394 e. The monoisotopic (exact) mass is 194 g/mol. The molecule has 0 saturated heterocycles. The molecule has 0 heterocycles. The summed E-state index contributed by atoms with van der Waals surface area (Å²) in [5.41, 5.74) is 0. The summed E-state index contributed by atoms with van der Waals surface area (Å²) in [6.45, 7) is 12.6. The van der Waals surface area contributed by atoms with Crippen LogP contribution >= 0.6 is 0 Å². The van der Waals surface area contributed by atoms with Crippen LogP contribution in [0.25, 0.3) is 0 Å². The molecule has 0 aliphatic heterocycles. The topological polar surface area (TPSA) is 49.7 Å². The van der Waals surface area contributed by atoms with Crippen molar-refractivity contribution in [2.75, 3.05) is 13.2 Å². The van der Waals surface area contributed by atoms with Crippen LogP contribution in [-0.4, -0.2) is 35.6 Å². The van der Waals surface area contributed by atoms with E-state index in [0.717, 1.165) is 13.2 Å². The summed E-state index contributed by atoms with van der Waals surface area (Å²) in [5.74, 6) is 0. The van der Waals surface area contributed by atoms with Crippen LogP contribution in [0.15, 0.2) is 0 Å². The van der Waals surface area contributed by atoms with Crippen molar-refractivity contribution in [1.29, 1.82) is 0 Å². The first kappa shape index (κ1) is 18.6. The highest BCUT2D eigenvalue weighted by molar-refractivity contribution is 4.21. The second-order valence-electron chi connectivity index (χ2n) is 2.97. The summed E-state index contributed by atoms with van der Waals surface area (Å²) in [7, 11) is 0. The number of aliphatic hydroxyl groups excluding tert-OH is 2. The van der Waals surface area contributed by atoms with Crippen LogP contribution in [0, 0.1) is 0 Å². The van der Waals surface area contributed by atoms with Gasteiger partial charge in [-0.3, -0.25) is 0 Å². The molecule has 0 saturated carbocycles. The summed E-state index contributed by atoms with van der Waals surface area (Å²) in [6.07, 6.45) is -0.333. The second-order valence-corrected chi connectivity index (χ2v) is 2.97. The van der Waals surface area contributed by atoms with Gasteiger partial charge in [0.05, 0.1) is 0 Å². The van der Waals surface area contributed by atoms with Gasteiger partial charge in [0.15, 0.2) is 0 Å². The average Bonchev–Trinajstić information content (AvgIpc) is 1.86. The molecule has 3 heteroatoms. The Hall–Kier alpha value is -0.120. The number of hydrogen-bond acceptors (Lipinski definition) is 3. The van der Waals surface area contributed by atoms with Crippen molar-refractivity contribution in [2.24, 2.45) is 0 Å². The van der Waals surface area contributed by atoms with Gasteiger partial charge < -0.3 is 14.9 Å². The van der Waals surface area contributed by atoms with Crippen LogP contribution in [0.1, 0.15) is 41.5 Å². The fraction of sp³-hybridized carbons (Fsp3) is 1.00. The molecule has 0 bridgehead atoms. The van der Waals surface area contributed by atoms with Crippen molar-refractivity contribution in [2.45, 2.75) is 53.8 Å². The van der Waals surface area contributed by atoms with Crippen molar-refractivity contribution in [3.05, 3.63) is 0 Å². The number of rotatable bonds is 2. The molecule has 0 aromatic rings. The Morgan fingerprint density at radius 3 is 1.00 bits per heavy atom. The van der Waals surface area contributed by atoms with Crippen molar-refractivity contribution in [3.63, 3.8) is 0 Å². The number of hydrogen-bond donors (Lipinski definition) is 2. The van der Waals surface area contributed by atoms with Crippen molar-refractivity contribution < 1.29 is 14.9 Å². The van der Waals surface area contributed by atoms with E-state index in [2.05, 4.69) is 0 Å². The van der Waals surface area contributed by atoms with E-state index in [-0.39, 0.29) is 12.2 Å². The minimum atomic E-state index is -0.167. The third-order valence-electron chi connectivity index (χ3n) is 0.408. The van der Waals surface area contributed by atoms with E-state index in [4.69, 9.17) is 14.9 Å². The normalized spacial score (nSPS) is 8.77. The molecule has 0 unspecified atom stereocenters. The SMILES string of the molecule is CC(C)O.CC(C)O.CCOCC. The van der Waals surface area contributed by atoms with E-state index < -0.39 is 0 Å². The van der Waals surface area contributed by atoms with E-state index in [9.17, 15) is 0 Å². The van der Waals surface area contributed by atoms with Gasteiger partial charge in [0.2, 0.25) is 0 Å². The molecule has 13 heavy (non-hydrogen) atoms. The van der Waals surface area contributed by atoms with E-state index in [1.54, 1.807) is 27.7 Å². The fourth-order valence-electron chi connectivity index (χ4n) is 0.204. The van der Waals surface area contributed by atoms with Gasteiger partial charge in [0.1, 0.15) is 0 Å². The number of ether oxygens (including phenoxy) is 1. The van der Waals surface area contributed by atoms with E-state index in [1.807, 2.05) is 13.8 Å². The van der Waals surface area contributed by atoms with Crippen LogP contribution < -0.4 is 0 Å². The minimum Gasteiger partial charge on any atom is -0.394 e. The maximum Gasteiger partial charge on any atom is 0.0483 e. The molecular weight excluding hydrogens is 168 g/mol. The Bertz CT molecular complexity index is 49.7. The molecule has 0 aromatic carbocycles. The lowest BCUT2D eigenvalue weighted by molar-refractivity contribution is 0.162. The molecule has 0 rings (SSSR count). The highest BCUT2D eigenvalue weighted by atomic mass is 16.5. The standard InChI is InChI=1S/C4H10O.2C3H8O/c1-3-5-4-2;2*1-3(2)4/h3-4H2,1-2H3;2*3-4H,1-2H3. The molecule has 0 fully saturated rings. The Morgan fingerprint density at radius 2 is 1.00 bits per heavy atom. The Labute approximate surface area is 82.7 Å². The summed E-state index contributed by atoms with van der Waals surface area (Å²) in [6, 6.07) is 0. The molecule has 0 aliphatic rings. The zero-order valence-corrected chi connectivity index (χ0v) is 9.87. The minimum absolute atomic E-state index is 0.167. The molecule has 0 aromatic heterocycles. The molecule has 0 atom stereocenters. The molecule has 2 N–H and O–H groups in total. The molecule has 0 aliphatic carbocycles. The average molecular weight is 194 g/mol. The summed E-state index contributed by atoms with van der Waals surface area (Å²) in [5, 5.41) is 16.1. The van der Waals surface area contributed by atoms with Crippen LogP contribution in [-0.2, 0) is 4.74 Å². The Kier molecular flexibility index (Phi) is 25.5. The maximum absolute atomic E-state index is 8.06. The maximum atomic E-state index is 8.06. The molecule has 0 spiro atoms. The Morgan fingerprint density at radius 1 is 0.846 bits per heavy atom. The molecular formula is C10H26O3. The van der Waals surface area contributed by atoms with Crippen molar-refractivity contribution in [1.82, 2.24) is 0 Å². The van der Waals surface area contributed by atoms with Gasteiger partial charge in [-0.2, -0.15) is 0 Å².